The van der Waals surface area contributed by atoms with Crippen LogP contribution in [0.2, 0.25) is 0 Å². The Morgan fingerprint density at radius 1 is 0.576 bits per heavy atom. The van der Waals surface area contributed by atoms with Gasteiger partial charge in [0.1, 0.15) is 11.5 Å². The van der Waals surface area contributed by atoms with Gasteiger partial charge >= 0.3 is 5.97 Å². The first kappa shape index (κ1) is 21.8. The highest BCUT2D eigenvalue weighted by atomic mass is 16.6. The molecule has 2 aliphatic heterocycles. The summed E-state index contributed by atoms with van der Waals surface area (Å²) < 4.78 is 13.2. The summed E-state index contributed by atoms with van der Waals surface area (Å²) in [4.78, 5) is 13.6. The van der Waals surface area contributed by atoms with Gasteiger partial charge in [0.15, 0.2) is 5.60 Å². The summed E-state index contributed by atoms with van der Waals surface area (Å²) in [5.74, 6) is 1.38. The van der Waals surface area contributed by atoms with E-state index >= 15 is 0 Å². The summed E-state index contributed by atoms with van der Waals surface area (Å²) in [6.45, 7) is 21.1. The largest absolute Gasteiger partial charge is 0.456 e. The van der Waals surface area contributed by atoms with E-state index in [0.29, 0.717) is 5.56 Å². The van der Waals surface area contributed by atoms with E-state index in [-0.39, 0.29) is 5.97 Å². The minimum atomic E-state index is -1.02. The Hall–Kier alpha value is -3.07. The van der Waals surface area contributed by atoms with Crippen LogP contribution in [0.4, 0.5) is 0 Å². The molecule has 3 aromatic carbocycles. The number of hydrogen-bond acceptors (Lipinski definition) is 3. The third kappa shape index (κ3) is 2.48. The molecule has 170 valence electrons. The number of carbonyl (C=O) groups is 1. The topological polar surface area (TPSA) is 35.5 Å². The summed E-state index contributed by atoms with van der Waals surface area (Å²) in [6.07, 6.45) is 0. The summed E-state index contributed by atoms with van der Waals surface area (Å²) >= 11 is 0. The molecule has 0 N–H and O–H groups in total. The third-order valence-electron chi connectivity index (χ3n) is 8.65. The van der Waals surface area contributed by atoms with Gasteiger partial charge in [-0.15, -0.1) is 0 Å². The van der Waals surface area contributed by atoms with Gasteiger partial charge in [-0.1, -0.05) is 0 Å². The van der Waals surface area contributed by atoms with Crippen LogP contribution in [-0.4, -0.2) is 5.97 Å². The highest BCUT2D eigenvalue weighted by Crippen LogP contribution is 2.60. The predicted molar refractivity (Wildman–Crippen MR) is 132 cm³/mol. The first-order valence-corrected chi connectivity index (χ1v) is 11.7. The van der Waals surface area contributed by atoms with E-state index in [2.05, 4.69) is 74.4 Å². The van der Waals surface area contributed by atoms with Gasteiger partial charge in [-0.3, -0.25) is 0 Å². The third-order valence-corrected chi connectivity index (χ3v) is 8.65. The van der Waals surface area contributed by atoms with E-state index in [9.17, 15) is 4.79 Å². The Labute approximate surface area is 196 Å². The molecule has 0 amide bonds. The van der Waals surface area contributed by atoms with Crippen molar-refractivity contribution in [2.24, 2.45) is 0 Å². The maximum absolute atomic E-state index is 13.6. The van der Waals surface area contributed by atoms with Crippen molar-refractivity contribution in [2.45, 2.75) is 74.8 Å². The second-order valence-corrected chi connectivity index (χ2v) is 10.1. The second-order valence-electron chi connectivity index (χ2n) is 10.1. The quantitative estimate of drug-likeness (QED) is 0.343. The van der Waals surface area contributed by atoms with Gasteiger partial charge in [0.2, 0.25) is 0 Å². The monoisotopic (exact) mass is 440 g/mol. The lowest BCUT2D eigenvalue weighted by Gasteiger charge is -2.40. The number of hydrogen-bond donors (Lipinski definition) is 0. The average molecular weight is 441 g/mol. The molecular weight excluding hydrogens is 408 g/mol. The number of aryl methyl sites for hydroxylation is 2. The summed E-state index contributed by atoms with van der Waals surface area (Å²) in [5, 5.41) is 0. The Balaban J connectivity index is 2.05. The van der Waals surface area contributed by atoms with Crippen molar-refractivity contribution in [1.82, 2.24) is 0 Å². The number of carbonyl (C=O) groups excluding carboxylic acids is 1. The van der Waals surface area contributed by atoms with Crippen LogP contribution >= 0.6 is 0 Å². The van der Waals surface area contributed by atoms with Crippen LogP contribution in [0.1, 0.15) is 82.7 Å². The first-order chi connectivity index (χ1) is 15.4. The van der Waals surface area contributed by atoms with Crippen molar-refractivity contribution in [3.63, 3.8) is 0 Å². The van der Waals surface area contributed by atoms with Crippen molar-refractivity contribution in [1.29, 1.82) is 0 Å². The van der Waals surface area contributed by atoms with E-state index in [1.807, 2.05) is 6.92 Å². The van der Waals surface area contributed by atoms with E-state index in [1.54, 1.807) is 0 Å². The fourth-order valence-corrected chi connectivity index (χ4v) is 5.78. The highest BCUT2D eigenvalue weighted by Gasteiger charge is 2.56. The van der Waals surface area contributed by atoms with Gasteiger partial charge < -0.3 is 9.47 Å². The molecule has 2 heterocycles. The van der Waals surface area contributed by atoms with Crippen molar-refractivity contribution in [3.05, 3.63) is 90.0 Å². The van der Waals surface area contributed by atoms with Crippen LogP contribution < -0.4 is 4.74 Å². The molecule has 0 aliphatic carbocycles. The zero-order chi connectivity index (χ0) is 24.1. The van der Waals surface area contributed by atoms with Gasteiger partial charge in [0.05, 0.1) is 5.56 Å². The molecule has 0 unspecified atom stereocenters. The smallest absolute Gasteiger partial charge is 0.340 e. The normalized spacial score (nSPS) is 15.2. The Morgan fingerprint density at radius 3 is 1.52 bits per heavy atom. The van der Waals surface area contributed by atoms with Crippen LogP contribution in [0, 0.1) is 69.2 Å². The van der Waals surface area contributed by atoms with Gasteiger partial charge in [-0.2, -0.15) is 0 Å². The van der Waals surface area contributed by atoms with E-state index < -0.39 is 5.60 Å². The molecule has 0 radical (unpaired) electrons. The SMILES string of the molecule is Cc1cc2c(c(C)c1C)Oc1c(cc(C)c(C)c1C)C21OC(=O)c2c(C)c(C)c(C)c(C)c21. The van der Waals surface area contributed by atoms with E-state index in [0.717, 1.165) is 56.0 Å². The van der Waals surface area contributed by atoms with E-state index in [1.165, 1.54) is 27.8 Å². The Morgan fingerprint density at radius 2 is 1.03 bits per heavy atom. The maximum Gasteiger partial charge on any atom is 0.340 e. The number of fused-ring (bicyclic) bond motifs is 6. The van der Waals surface area contributed by atoms with Crippen LogP contribution in [0.25, 0.3) is 0 Å². The lowest BCUT2D eigenvalue weighted by atomic mass is 9.71. The Kier molecular flexibility index (Phi) is 4.43. The van der Waals surface area contributed by atoms with Crippen LogP contribution in [-0.2, 0) is 10.3 Å². The van der Waals surface area contributed by atoms with Crippen molar-refractivity contribution < 1.29 is 14.3 Å². The number of rotatable bonds is 0. The summed E-state index contributed by atoms with van der Waals surface area (Å²) in [6, 6.07) is 4.33. The summed E-state index contributed by atoms with van der Waals surface area (Å²) in [7, 11) is 0. The molecule has 5 rings (SSSR count). The molecule has 0 bridgehead atoms. The van der Waals surface area contributed by atoms with Crippen molar-refractivity contribution in [2.75, 3.05) is 0 Å². The highest BCUT2D eigenvalue weighted by molar-refractivity contribution is 6.00. The number of ether oxygens (including phenoxy) is 2. The van der Waals surface area contributed by atoms with Gasteiger partial charge in [0.25, 0.3) is 0 Å². The molecular formula is C30H32O3. The molecule has 0 fully saturated rings. The standard InChI is InChI=1S/C30H32O3/c1-13-11-23-27(21(9)15(13)3)32-28-22(10)16(4)14(2)12-24(28)30(23)26-20(8)18(6)17(5)19(7)25(26)29(31)33-30/h11-12H,1-10H3. The van der Waals surface area contributed by atoms with Crippen LogP contribution in [0.15, 0.2) is 12.1 Å². The minimum Gasteiger partial charge on any atom is -0.456 e. The van der Waals surface area contributed by atoms with Gasteiger partial charge in [-0.25, -0.2) is 4.79 Å². The average Bonchev–Trinajstić information content (AvgIpc) is 3.08. The fourth-order valence-electron chi connectivity index (χ4n) is 5.78. The van der Waals surface area contributed by atoms with Gasteiger partial charge in [-0.05, 0) is 137 Å². The lowest BCUT2D eigenvalue weighted by molar-refractivity contribution is 0.0221. The molecule has 0 aromatic heterocycles. The summed E-state index contributed by atoms with van der Waals surface area (Å²) in [5.41, 5.74) is 13.9. The molecule has 2 aliphatic rings. The predicted octanol–water partition coefficient (Wildman–Crippen LogP) is 7.34. The van der Waals surface area contributed by atoms with Gasteiger partial charge in [0, 0.05) is 16.7 Å². The molecule has 3 heteroatoms. The molecule has 3 aromatic rings. The molecule has 0 saturated heterocycles. The maximum atomic E-state index is 13.6. The van der Waals surface area contributed by atoms with E-state index in [4.69, 9.17) is 9.47 Å². The van der Waals surface area contributed by atoms with Crippen LogP contribution in [0.5, 0.6) is 11.5 Å². The molecule has 3 nitrogen and oxygen atoms in total. The minimum absolute atomic E-state index is 0.251. The lowest BCUT2D eigenvalue weighted by Crippen LogP contribution is -2.35. The Bertz CT molecular complexity index is 1360. The van der Waals surface area contributed by atoms with Crippen molar-refractivity contribution >= 4 is 5.97 Å². The fraction of sp³-hybridized carbons (Fsp3) is 0.367. The van der Waals surface area contributed by atoms with Crippen molar-refractivity contribution in [3.8, 4) is 11.5 Å². The molecule has 0 atom stereocenters. The molecule has 1 spiro atoms. The zero-order valence-electron chi connectivity index (χ0n) is 21.4. The second kappa shape index (κ2) is 6.72. The molecule has 33 heavy (non-hydrogen) atoms. The number of benzene rings is 3. The van der Waals surface area contributed by atoms with Crippen LogP contribution in [0.3, 0.4) is 0 Å². The first-order valence-electron chi connectivity index (χ1n) is 11.7. The zero-order valence-corrected chi connectivity index (χ0v) is 21.4. The number of esters is 1. The molecule has 0 saturated carbocycles.